The number of likely N-dealkylation sites (tertiary alicyclic amines) is 2. The molecule has 2 amide bonds. The molecular weight excluding hydrogens is 533 g/mol. The van der Waals surface area contributed by atoms with E-state index in [4.69, 9.17) is 9.73 Å². The molecule has 1 aromatic carbocycles. The molecule has 3 rings (SSSR count). The van der Waals surface area contributed by atoms with Crippen molar-refractivity contribution < 1.29 is 14.3 Å². The van der Waals surface area contributed by atoms with Crippen LogP contribution in [0.15, 0.2) is 29.3 Å². The summed E-state index contributed by atoms with van der Waals surface area (Å²) in [5.74, 6) is 1.07. The van der Waals surface area contributed by atoms with E-state index in [2.05, 4.69) is 34.6 Å². The van der Waals surface area contributed by atoms with Gasteiger partial charge < -0.3 is 25.2 Å². The number of ether oxygens (including phenoxy) is 1. The van der Waals surface area contributed by atoms with Gasteiger partial charge in [-0.05, 0) is 51.7 Å². The minimum Gasteiger partial charge on any atom is -0.444 e. The van der Waals surface area contributed by atoms with E-state index in [1.165, 1.54) is 0 Å². The quantitative estimate of drug-likeness (QED) is 0.310. The van der Waals surface area contributed by atoms with Gasteiger partial charge in [0.15, 0.2) is 5.96 Å². The molecular formula is C24H38IN5O3. The van der Waals surface area contributed by atoms with Gasteiger partial charge in [0.25, 0.3) is 0 Å². The van der Waals surface area contributed by atoms with E-state index in [0.717, 1.165) is 49.6 Å². The van der Waals surface area contributed by atoms with Gasteiger partial charge in [-0.3, -0.25) is 4.79 Å². The number of hydrogen-bond acceptors (Lipinski definition) is 4. The molecule has 8 nitrogen and oxygen atoms in total. The van der Waals surface area contributed by atoms with E-state index in [-0.39, 0.29) is 42.0 Å². The number of benzene rings is 1. The number of nitrogens with one attached hydrogen (secondary N) is 2. The molecule has 0 aromatic heterocycles. The highest BCUT2D eigenvalue weighted by Crippen LogP contribution is 2.18. The average molecular weight is 572 g/mol. The molecule has 0 aliphatic carbocycles. The first-order chi connectivity index (χ1) is 15.2. The fraction of sp³-hybridized carbons (Fsp3) is 0.625. The zero-order valence-electron chi connectivity index (χ0n) is 20.2. The van der Waals surface area contributed by atoms with E-state index in [9.17, 15) is 9.59 Å². The SMILES string of the molecule is CCNC(=NCc1ccccc1CN1CCCC1=O)N1CCC(NC(=O)OC(C)(C)C)C1.I. The molecule has 2 heterocycles. The number of aliphatic imine (C=N–C) groups is 1. The second-order valence-corrected chi connectivity index (χ2v) is 9.44. The van der Waals surface area contributed by atoms with E-state index in [1.807, 2.05) is 37.8 Å². The zero-order valence-corrected chi connectivity index (χ0v) is 22.6. The van der Waals surface area contributed by atoms with Crippen LogP contribution in [0.4, 0.5) is 4.79 Å². The number of nitrogens with zero attached hydrogens (tertiary/aromatic N) is 3. The predicted octanol–water partition coefficient (Wildman–Crippen LogP) is 3.49. The van der Waals surface area contributed by atoms with E-state index < -0.39 is 5.60 Å². The monoisotopic (exact) mass is 571 g/mol. The number of carbonyl (C=O) groups is 2. The molecule has 2 aliphatic heterocycles. The molecule has 33 heavy (non-hydrogen) atoms. The standard InChI is InChI=1S/C24H37N5O3.HI/c1-5-25-22(29-14-12-20(17-29)27-23(31)32-24(2,3)4)26-15-18-9-6-7-10-19(18)16-28-13-8-11-21(28)30;/h6-7,9-10,20H,5,8,11-17H2,1-4H3,(H,25,26)(H,27,31);1H. The van der Waals surface area contributed by atoms with Crippen LogP contribution in [0.1, 0.15) is 58.1 Å². The van der Waals surface area contributed by atoms with E-state index >= 15 is 0 Å². The van der Waals surface area contributed by atoms with Crippen molar-refractivity contribution in [2.45, 2.75) is 71.7 Å². The van der Waals surface area contributed by atoms with Crippen molar-refractivity contribution in [3.05, 3.63) is 35.4 Å². The van der Waals surface area contributed by atoms with Crippen LogP contribution in [0.2, 0.25) is 0 Å². The molecule has 1 aromatic rings. The Bertz CT molecular complexity index is 840. The molecule has 1 unspecified atom stereocenters. The number of hydrogen-bond donors (Lipinski definition) is 2. The highest BCUT2D eigenvalue weighted by atomic mass is 127. The Morgan fingerprint density at radius 2 is 1.94 bits per heavy atom. The molecule has 2 saturated heterocycles. The van der Waals surface area contributed by atoms with Crippen LogP contribution >= 0.6 is 24.0 Å². The fourth-order valence-corrected chi connectivity index (χ4v) is 4.07. The molecule has 184 valence electrons. The Labute approximate surface area is 214 Å². The highest BCUT2D eigenvalue weighted by Gasteiger charge is 2.28. The van der Waals surface area contributed by atoms with Crippen molar-refractivity contribution in [1.29, 1.82) is 0 Å². The molecule has 2 fully saturated rings. The van der Waals surface area contributed by atoms with Crippen molar-refractivity contribution in [1.82, 2.24) is 20.4 Å². The smallest absolute Gasteiger partial charge is 0.407 e. The fourth-order valence-electron chi connectivity index (χ4n) is 4.07. The van der Waals surface area contributed by atoms with Crippen LogP contribution in [-0.2, 0) is 22.6 Å². The van der Waals surface area contributed by atoms with Crippen molar-refractivity contribution in [3.63, 3.8) is 0 Å². The van der Waals surface area contributed by atoms with Crippen LogP contribution in [0.25, 0.3) is 0 Å². The summed E-state index contributed by atoms with van der Waals surface area (Å²) < 4.78 is 5.38. The maximum atomic E-state index is 12.1. The van der Waals surface area contributed by atoms with E-state index in [0.29, 0.717) is 26.1 Å². The molecule has 2 N–H and O–H groups in total. The number of rotatable bonds is 6. The lowest BCUT2D eigenvalue weighted by atomic mass is 10.1. The third-order valence-electron chi connectivity index (χ3n) is 5.59. The molecule has 0 saturated carbocycles. The summed E-state index contributed by atoms with van der Waals surface area (Å²) in [6, 6.07) is 8.23. The maximum Gasteiger partial charge on any atom is 0.407 e. The lowest BCUT2D eigenvalue weighted by Gasteiger charge is -2.23. The summed E-state index contributed by atoms with van der Waals surface area (Å²) in [4.78, 5) is 33.1. The summed E-state index contributed by atoms with van der Waals surface area (Å²) in [5.41, 5.74) is 1.77. The second kappa shape index (κ2) is 12.4. The normalized spacial score (nSPS) is 18.8. The molecule has 9 heteroatoms. The van der Waals surface area contributed by atoms with Gasteiger partial charge in [-0.25, -0.2) is 9.79 Å². The molecule has 1 atom stereocenters. The van der Waals surface area contributed by atoms with Crippen LogP contribution in [0, 0.1) is 0 Å². The Kier molecular flexibility index (Phi) is 10.2. The Hall–Kier alpha value is -2.04. The second-order valence-electron chi connectivity index (χ2n) is 9.44. The number of guanidine groups is 1. The Balaban J connectivity index is 0.00000385. The van der Waals surface area contributed by atoms with Crippen molar-refractivity contribution in [3.8, 4) is 0 Å². The summed E-state index contributed by atoms with van der Waals surface area (Å²) in [6.07, 6.45) is 2.06. The lowest BCUT2D eigenvalue weighted by Crippen LogP contribution is -2.44. The first-order valence-electron chi connectivity index (χ1n) is 11.6. The van der Waals surface area contributed by atoms with Gasteiger partial charge in [0, 0.05) is 39.1 Å². The van der Waals surface area contributed by atoms with Gasteiger partial charge in [-0.2, -0.15) is 0 Å². The van der Waals surface area contributed by atoms with Crippen molar-refractivity contribution in [2.75, 3.05) is 26.2 Å². The van der Waals surface area contributed by atoms with Gasteiger partial charge >= 0.3 is 6.09 Å². The summed E-state index contributed by atoms with van der Waals surface area (Å²) >= 11 is 0. The number of amides is 2. The number of carbonyl (C=O) groups excluding carboxylic acids is 2. The van der Waals surface area contributed by atoms with E-state index in [1.54, 1.807) is 0 Å². The topological polar surface area (TPSA) is 86.3 Å². The van der Waals surface area contributed by atoms with Gasteiger partial charge in [0.2, 0.25) is 5.91 Å². The van der Waals surface area contributed by atoms with Crippen molar-refractivity contribution in [2.24, 2.45) is 4.99 Å². The number of alkyl carbamates (subject to hydrolysis) is 1. The number of halogens is 1. The van der Waals surface area contributed by atoms with Crippen LogP contribution < -0.4 is 10.6 Å². The van der Waals surface area contributed by atoms with Gasteiger partial charge in [0.05, 0.1) is 12.6 Å². The summed E-state index contributed by atoms with van der Waals surface area (Å²) in [7, 11) is 0. The molecule has 2 aliphatic rings. The van der Waals surface area contributed by atoms with Crippen LogP contribution in [0.3, 0.4) is 0 Å². The van der Waals surface area contributed by atoms with Crippen LogP contribution in [-0.4, -0.2) is 65.6 Å². The molecule has 0 spiro atoms. The first-order valence-corrected chi connectivity index (χ1v) is 11.6. The van der Waals surface area contributed by atoms with Gasteiger partial charge in [0.1, 0.15) is 5.60 Å². The van der Waals surface area contributed by atoms with Crippen LogP contribution in [0.5, 0.6) is 0 Å². The maximum absolute atomic E-state index is 12.1. The Morgan fingerprint density at radius 3 is 2.58 bits per heavy atom. The highest BCUT2D eigenvalue weighted by molar-refractivity contribution is 14.0. The minimum atomic E-state index is -0.508. The predicted molar refractivity (Wildman–Crippen MR) is 141 cm³/mol. The summed E-state index contributed by atoms with van der Waals surface area (Å²) in [5, 5.41) is 6.34. The minimum absolute atomic E-state index is 0. The zero-order chi connectivity index (χ0) is 23.1. The van der Waals surface area contributed by atoms with Crippen molar-refractivity contribution >= 4 is 41.9 Å². The third-order valence-corrected chi connectivity index (χ3v) is 5.59. The Morgan fingerprint density at radius 1 is 1.21 bits per heavy atom. The largest absolute Gasteiger partial charge is 0.444 e. The third kappa shape index (κ3) is 8.35. The van der Waals surface area contributed by atoms with Gasteiger partial charge in [-0.15, -0.1) is 24.0 Å². The average Bonchev–Trinajstić information content (AvgIpc) is 3.34. The lowest BCUT2D eigenvalue weighted by molar-refractivity contribution is -0.128. The molecule has 0 bridgehead atoms. The molecule has 0 radical (unpaired) electrons. The van der Waals surface area contributed by atoms with Gasteiger partial charge in [-0.1, -0.05) is 24.3 Å². The first kappa shape index (κ1) is 27.2. The summed E-state index contributed by atoms with van der Waals surface area (Å²) in [6.45, 7) is 11.9.